The van der Waals surface area contributed by atoms with Crippen LogP contribution in [-0.2, 0) is 13.0 Å². The van der Waals surface area contributed by atoms with E-state index in [4.69, 9.17) is 14.5 Å². The second kappa shape index (κ2) is 10.0. The van der Waals surface area contributed by atoms with Crippen molar-refractivity contribution < 1.29 is 14.3 Å². The van der Waals surface area contributed by atoms with Crippen LogP contribution in [0.4, 0.5) is 0 Å². The van der Waals surface area contributed by atoms with Crippen LogP contribution in [-0.4, -0.2) is 35.7 Å². The van der Waals surface area contributed by atoms with Crippen LogP contribution in [0.15, 0.2) is 72.8 Å². The lowest BCUT2D eigenvalue weighted by atomic mass is 10.2. The average molecular weight is 430 g/mol. The van der Waals surface area contributed by atoms with E-state index in [0.29, 0.717) is 31.7 Å². The molecule has 4 aromatic rings. The Morgan fingerprint density at radius 2 is 1.69 bits per heavy atom. The first kappa shape index (κ1) is 21.4. The summed E-state index contributed by atoms with van der Waals surface area (Å²) >= 11 is 0. The van der Waals surface area contributed by atoms with Crippen molar-refractivity contribution in [2.24, 2.45) is 0 Å². The first-order chi connectivity index (χ1) is 15.6. The summed E-state index contributed by atoms with van der Waals surface area (Å²) in [5.41, 5.74) is 3.82. The van der Waals surface area contributed by atoms with Crippen LogP contribution in [0.2, 0.25) is 0 Å². The molecule has 0 unspecified atom stereocenters. The van der Waals surface area contributed by atoms with E-state index < -0.39 is 0 Å². The normalized spacial score (nSPS) is 10.8. The fraction of sp³-hybridized carbons (Fsp3) is 0.231. The first-order valence-corrected chi connectivity index (χ1v) is 10.7. The molecule has 0 radical (unpaired) electrons. The predicted octanol–water partition coefficient (Wildman–Crippen LogP) is 4.40. The number of aromatic nitrogens is 2. The Morgan fingerprint density at radius 1 is 0.969 bits per heavy atom. The SMILES string of the molecule is COc1ccc(C(=O)NCCc2nc3ccccc3n2CCOc2ccc(C)cc2)cc1. The second-order valence-electron chi connectivity index (χ2n) is 7.56. The number of amides is 1. The highest BCUT2D eigenvalue weighted by atomic mass is 16.5. The number of nitrogens with zero attached hydrogens (tertiary/aromatic N) is 2. The van der Waals surface area contributed by atoms with E-state index in [9.17, 15) is 4.79 Å². The Hall–Kier alpha value is -3.80. The van der Waals surface area contributed by atoms with Gasteiger partial charge in [0.1, 0.15) is 23.9 Å². The Bertz CT molecular complexity index is 1180. The Morgan fingerprint density at radius 3 is 2.44 bits per heavy atom. The number of para-hydroxylation sites is 2. The van der Waals surface area contributed by atoms with Gasteiger partial charge in [-0.15, -0.1) is 0 Å². The van der Waals surface area contributed by atoms with Gasteiger partial charge in [-0.25, -0.2) is 4.98 Å². The molecule has 164 valence electrons. The topological polar surface area (TPSA) is 65.4 Å². The summed E-state index contributed by atoms with van der Waals surface area (Å²) in [5.74, 6) is 2.39. The number of hydrogen-bond donors (Lipinski definition) is 1. The van der Waals surface area contributed by atoms with Gasteiger partial charge in [0.2, 0.25) is 0 Å². The van der Waals surface area contributed by atoms with E-state index in [1.54, 1.807) is 31.4 Å². The standard InChI is InChI=1S/C26H27N3O3/c1-19-7-11-22(12-8-19)32-18-17-29-24-6-4-3-5-23(24)28-25(29)15-16-27-26(30)20-9-13-21(31-2)14-10-20/h3-14H,15-18H2,1-2H3,(H,27,30). The third-order valence-corrected chi connectivity index (χ3v) is 5.32. The third kappa shape index (κ3) is 5.09. The quantitative estimate of drug-likeness (QED) is 0.428. The number of aryl methyl sites for hydroxylation is 1. The average Bonchev–Trinajstić information content (AvgIpc) is 3.17. The molecule has 6 heteroatoms. The molecule has 6 nitrogen and oxygen atoms in total. The Balaban J connectivity index is 1.40. The predicted molar refractivity (Wildman–Crippen MR) is 125 cm³/mol. The maximum Gasteiger partial charge on any atom is 0.251 e. The van der Waals surface area contributed by atoms with Crippen molar-refractivity contribution in [2.45, 2.75) is 19.9 Å². The van der Waals surface area contributed by atoms with Crippen molar-refractivity contribution in [1.82, 2.24) is 14.9 Å². The van der Waals surface area contributed by atoms with Crippen molar-refractivity contribution in [2.75, 3.05) is 20.3 Å². The number of fused-ring (bicyclic) bond motifs is 1. The Kier molecular flexibility index (Phi) is 6.70. The molecule has 1 amide bonds. The first-order valence-electron chi connectivity index (χ1n) is 10.7. The molecule has 0 saturated heterocycles. The van der Waals surface area contributed by atoms with Gasteiger partial charge in [0.05, 0.1) is 24.7 Å². The minimum absolute atomic E-state index is 0.113. The van der Waals surface area contributed by atoms with Crippen LogP contribution < -0.4 is 14.8 Å². The number of benzene rings is 3. The minimum Gasteiger partial charge on any atom is -0.497 e. The van der Waals surface area contributed by atoms with Crippen molar-refractivity contribution in [3.05, 3.63) is 89.7 Å². The van der Waals surface area contributed by atoms with Crippen LogP contribution in [0.3, 0.4) is 0 Å². The summed E-state index contributed by atoms with van der Waals surface area (Å²) in [7, 11) is 1.60. The molecule has 0 saturated carbocycles. The van der Waals surface area contributed by atoms with Crippen LogP contribution >= 0.6 is 0 Å². The van der Waals surface area contributed by atoms with Crippen LogP contribution in [0.25, 0.3) is 11.0 Å². The fourth-order valence-corrected chi connectivity index (χ4v) is 3.59. The number of hydrogen-bond acceptors (Lipinski definition) is 4. The Labute approximate surface area is 187 Å². The molecule has 32 heavy (non-hydrogen) atoms. The molecular formula is C26H27N3O3. The highest BCUT2D eigenvalue weighted by Gasteiger charge is 2.12. The summed E-state index contributed by atoms with van der Waals surface area (Å²) in [5, 5.41) is 2.98. The van der Waals surface area contributed by atoms with Crippen molar-refractivity contribution in [3.63, 3.8) is 0 Å². The molecule has 0 spiro atoms. The zero-order valence-electron chi connectivity index (χ0n) is 18.4. The molecule has 1 heterocycles. The molecule has 0 fully saturated rings. The zero-order chi connectivity index (χ0) is 22.3. The number of ether oxygens (including phenoxy) is 2. The number of rotatable bonds is 9. The maximum absolute atomic E-state index is 12.4. The lowest BCUT2D eigenvalue weighted by molar-refractivity contribution is 0.0954. The summed E-state index contributed by atoms with van der Waals surface area (Å²) < 4.78 is 13.2. The zero-order valence-corrected chi connectivity index (χ0v) is 18.4. The highest BCUT2D eigenvalue weighted by molar-refractivity contribution is 5.94. The molecule has 1 N–H and O–H groups in total. The number of nitrogens with one attached hydrogen (secondary N) is 1. The maximum atomic E-state index is 12.4. The van der Waals surface area contributed by atoms with Gasteiger partial charge >= 0.3 is 0 Å². The van der Waals surface area contributed by atoms with E-state index in [0.717, 1.165) is 28.4 Å². The minimum atomic E-state index is -0.113. The molecule has 1 aromatic heterocycles. The molecule has 4 rings (SSSR count). The molecule has 0 aliphatic rings. The third-order valence-electron chi connectivity index (χ3n) is 5.32. The van der Waals surface area contributed by atoms with Gasteiger partial charge < -0.3 is 19.4 Å². The van der Waals surface area contributed by atoms with Gasteiger partial charge in [-0.05, 0) is 55.5 Å². The van der Waals surface area contributed by atoms with E-state index in [-0.39, 0.29) is 5.91 Å². The van der Waals surface area contributed by atoms with Gasteiger partial charge in [-0.3, -0.25) is 4.79 Å². The van der Waals surface area contributed by atoms with E-state index in [2.05, 4.69) is 22.9 Å². The van der Waals surface area contributed by atoms with Crippen molar-refractivity contribution in [1.29, 1.82) is 0 Å². The van der Waals surface area contributed by atoms with E-state index in [1.807, 2.05) is 42.5 Å². The van der Waals surface area contributed by atoms with Gasteiger partial charge in [0, 0.05) is 18.5 Å². The molecule has 0 bridgehead atoms. The number of imidazole rings is 1. The summed E-state index contributed by atoms with van der Waals surface area (Å²) in [6.07, 6.45) is 0.626. The van der Waals surface area contributed by atoms with Gasteiger partial charge in [-0.2, -0.15) is 0 Å². The van der Waals surface area contributed by atoms with Crippen LogP contribution in [0.5, 0.6) is 11.5 Å². The van der Waals surface area contributed by atoms with E-state index in [1.165, 1.54) is 5.56 Å². The monoisotopic (exact) mass is 429 g/mol. The fourth-order valence-electron chi connectivity index (χ4n) is 3.59. The van der Waals surface area contributed by atoms with Crippen molar-refractivity contribution in [3.8, 4) is 11.5 Å². The molecule has 0 aliphatic carbocycles. The van der Waals surface area contributed by atoms with E-state index >= 15 is 0 Å². The number of carbonyl (C=O) groups is 1. The lowest BCUT2D eigenvalue weighted by Gasteiger charge is -2.12. The van der Waals surface area contributed by atoms with Gasteiger partial charge in [0.15, 0.2) is 0 Å². The van der Waals surface area contributed by atoms with Crippen molar-refractivity contribution >= 4 is 16.9 Å². The second-order valence-corrected chi connectivity index (χ2v) is 7.56. The summed E-state index contributed by atoms with van der Waals surface area (Å²) in [6, 6.07) is 23.2. The number of methoxy groups -OCH3 is 1. The molecular weight excluding hydrogens is 402 g/mol. The van der Waals surface area contributed by atoms with Crippen LogP contribution in [0, 0.1) is 6.92 Å². The molecule has 0 atom stereocenters. The van der Waals surface area contributed by atoms with Gasteiger partial charge in [0.25, 0.3) is 5.91 Å². The van der Waals surface area contributed by atoms with Crippen LogP contribution in [0.1, 0.15) is 21.7 Å². The van der Waals surface area contributed by atoms with Gasteiger partial charge in [-0.1, -0.05) is 29.8 Å². The number of carbonyl (C=O) groups excluding carboxylic acids is 1. The highest BCUT2D eigenvalue weighted by Crippen LogP contribution is 2.17. The smallest absolute Gasteiger partial charge is 0.251 e. The lowest BCUT2D eigenvalue weighted by Crippen LogP contribution is -2.26. The molecule has 3 aromatic carbocycles. The largest absolute Gasteiger partial charge is 0.497 e. The summed E-state index contributed by atoms with van der Waals surface area (Å²) in [6.45, 7) is 3.76. The molecule has 0 aliphatic heterocycles. The summed E-state index contributed by atoms with van der Waals surface area (Å²) in [4.78, 5) is 17.2.